The summed E-state index contributed by atoms with van der Waals surface area (Å²) in [4.78, 5) is 35.2. The zero-order valence-corrected chi connectivity index (χ0v) is 13.2. The molecule has 4 N–H and O–H groups in total. The van der Waals surface area contributed by atoms with Crippen molar-refractivity contribution >= 4 is 17.6 Å². The molecule has 1 saturated heterocycles. The Hall–Kier alpha value is -2.32. The number of hydrogen-bond acceptors (Lipinski definition) is 5. The van der Waals surface area contributed by atoms with E-state index >= 15 is 0 Å². The normalized spacial score (nSPS) is 14.4. The fourth-order valence-electron chi connectivity index (χ4n) is 2.30. The minimum Gasteiger partial charge on any atom is -0.349 e. The summed E-state index contributed by atoms with van der Waals surface area (Å²) in [5, 5.41) is 5.30. The summed E-state index contributed by atoms with van der Waals surface area (Å²) in [6, 6.07) is 5.33. The van der Waals surface area contributed by atoms with E-state index in [0.29, 0.717) is 25.1 Å². The molecule has 0 aliphatic carbocycles. The van der Waals surface area contributed by atoms with E-state index in [-0.39, 0.29) is 43.0 Å². The van der Waals surface area contributed by atoms with Gasteiger partial charge in [-0.15, -0.1) is 0 Å². The van der Waals surface area contributed by atoms with E-state index in [1.54, 1.807) is 0 Å². The van der Waals surface area contributed by atoms with E-state index in [0.717, 1.165) is 0 Å². The summed E-state index contributed by atoms with van der Waals surface area (Å²) in [5.74, 6) is -1.06. The van der Waals surface area contributed by atoms with Crippen molar-refractivity contribution in [3.05, 3.63) is 35.6 Å². The molecular formula is C16H21FN4O3. The Bertz CT molecular complexity index is 585. The van der Waals surface area contributed by atoms with Crippen LogP contribution in [-0.2, 0) is 9.59 Å². The third-order valence-corrected chi connectivity index (χ3v) is 3.61. The van der Waals surface area contributed by atoms with Gasteiger partial charge >= 0.3 is 0 Å². The summed E-state index contributed by atoms with van der Waals surface area (Å²) in [6.07, 6.45) is 0.734. The van der Waals surface area contributed by atoms with Crippen molar-refractivity contribution in [1.82, 2.24) is 21.5 Å². The van der Waals surface area contributed by atoms with Gasteiger partial charge in [-0.25, -0.2) is 4.39 Å². The molecule has 0 unspecified atom stereocenters. The molecule has 130 valence electrons. The fraction of sp³-hybridized carbons (Fsp3) is 0.438. The van der Waals surface area contributed by atoms with Crippen LogP contribution in [-0.4, -0.2) is 43.3 Å². The Morgan fingerprint density at radius 3 is 2.38 bits per heavy atom. The number of carbonyl (C=O) groups excluding carboxylic acids is 3. The number of rotatable bonds is 8. The van der Waals surface area contributed by atoms with E-state index < -0.39 is 5.82 Å². The van der Waals surface area contributed by atoms with Gasteiger partial charge in [-0.05, 0) is 30.7 Å². The Balaban J connectivity index is 1.59. The van der Waals surface area contributed by atoms with Crippen LogP contribution in [0.5, 0.6) is 0 Å². The maximum atomic E-state index is 12.8. The second-order valence-electron chi connectivity index (χ2n) is 5.59. The molecule has 2 amide bonds. The van der Waals surface area contributed by atoms with Crippen LogP contribution in [0.1, 0.15) is 29.6 Å². The second kappa shape index (κ2) is 9.09. The van der Waals surface area contributed by atoms with E-state index in [1.807, 2.05) is 0 Å². The molecule has 1 heterocycles. The first-order valence-electron chi connectivity index (χ1n) is 7.85. The number of ketones is 1. The maximum absolute atomic E-state index is 12.8. The molecule has 2 rings (SSSR count). The van der Waals surface area contributed by atoms with Crippen LogP contribution in [0, 0.1) is 5.82 Å². The Labute approximate surface area is 139 Å². The van der Waals surface area contributed by atoms with Crippen LogP contribution in [0.2, 0.25) is 0 Å². The molecule has 0 saturated carbocycles. The van der Waals surface area contributed by atoms with Crippen molar-refractivity contribution in [2.24, 2.45) is 0 Å². The van der Waals surface area contributed by atoms with E-state index in [2.05, 4.69) is 21.5 Å². The lowest BCUT2D eigenvalue weighted by Crippen LogP contribution is -2.44. The monoisotopic (exact) mass is 336 g/mol. The highest BCUT2D eigenvalue weighted by molar-refractivity contribution is 5.96. The average molecular weight is 336 g/mol. The topological polar surface area (TPSA) is 99.3 Å². The lowest BCUT2D eigenvalue weighted by atomic mass is 10.1. The fourth-order valence-corrected chi connectivity index (χ4v) is 2.30. The van der Waals surface area contributed by atoms with Crippen LogP contribution in [0.15, 0.2) is 24.3 Å². The van der Waals surface area contributed by atoms with Gasteiger partial charge in [0.1, 0.15) is 5.82 Å². The lowest BCUT2D eigenvalue weighted by molar-refractivity contribution is -0.126. The van der Waals surface area contributed by atoms with Crippen LogP contribution in [0.25, 0.3) is 0 Å². The molecule has 1 aromatic rings. The molecule has 8 heteroatoms. The summed E-state index contributed by atoms with van der Waals surface area (Å²) >= 11 is 0. The van der Waals surface area contributed by atoms with E-state index in [9.17, 15) is 18.8 Å². The van der Waals surface area contributed by atoms with Gasteiger partial charge in [0.15, 0.2) is 5.78 Å². The second-order valence-corrected chi connectivity index (χ2v) is 5.59. The third kappa shape index (κ3) is 6.05. The van der Waals surface area contributed by atoms with Gasteiger partial charge in [0, 0.05) is 31.5 Å². The minimum absolute atomic E-state index is 0.0164. The lowest BCUT2D eigenvalue weighted by Gasteiger charge is -2.11. The van der Waals surface area contributed by atoms with Gasteiger partial charge in [0.05, 0.1) is 12.6 Å². The third-order valence-electron chi connectivity index (χ3n) is 3.61. The molecule has 24 heavy (non-hydrogen) atoms. The van der Waals surface area contributed by atoms with Crippen molar-refractivity contribution in [1.29, 1.82) is 0 Å². The maximum Gasteiger partial charge on any atom is 0.239 e. The number of amides is 2. The first kappa shape index (κ1) is 18.0. The predicted molar refractivity (Wildman–Crippen MR) is 85.5 cm³/mol. The van der Waals surface area contributed by atoms with Gasteiger partial charge in [-0.3, -0.25) is 25.2 Å². The van der Waals surface area contributed by atoms with E-state index in [1.165, 1.54) is 24.3 Å². The van der Waals surface area contributed by atoms with Crippen LogP contribution >= 0.6 is 0 Å². The predicted octanol–water partition coefficient (Wildman–Crippen LogP) is -0.112. The molecule has 0 radical (unpaired) electrons. The Kier molecular flexibility index (Phi) is 6.83. The van der Waals surface area contributed by atoms with Crippen LogP contribution < -0.4 is 21.5 Å². The number of halogens is 1. The number of carbonyl (C=O) groups is 3. The van der Waals surface area contributed by atoms with Gasteiger partial charge in [-0.1, -0.05) is 0 Å². The summed E-state index contributed by atoms with van der Waals surface area (Å²) < 4.78 is 12.8. The van der Waals surface area contributed by atoms with Gasteiger partial charge in [0.25, 0.3) is 0 Å². The molecule has 1 fully saturated rings. The van der Waals surface area contributed by atoms with E-state index in [4.69, 9.17) is 0 Å². The SMILES string of the molecule is O=C(CCCC(=O)c1ccc(F)cc1)NCC(=O)NC1CNNC1. The number of hydrogen-bond donors (Lipinski definition) is 4. The Morgan fingerprint density at radius 1 is 1.04 bits per heavy atom. The number of Topliss-reactive ketones (excluding diaryl/α,β-unsaturated/α-hetero) is 1. The molecule has 0 aromatic heterocycles. The number of nitrogens with one attached hydrogen (secondary N) is 4. The molecular weight excluding hydrogens is 315 g/mol. The zero-order valence-electron chi connectivity index (χ0n) is 13.2. The first-order valence-corrected chi connectivity index (χ1v) is 7.85. The molecule has 1 aromatic carbocycles. The quantitative estimate of drug-likeness (QED) is 0.497. The van der Waals surface area contributed by atoms with Crippen molar-refractivity contribution < 1.29 is 18.8 Å². The van der Waals surface area contributed by atoms with Crippen molar-refractivity contribution in [2.75, 3.05) is 19.6 Å². The largest absolute Gasteiger partial charge is 0.349 e. The van der Waals surface area contributed by atoms with Crippen molar-refractivity contribution in [3.8, 4) is 0 Å². The standard InChI is InChI=1S/C16H21FN4O3/c17-12-6-4-11(5-7-12)14(22)2-1-3-15(23)18-10-16(24)21-13-8-19-20-9-13/h4-7,13,19-20H,1-3,8-10H2,(H,18,23)(H,21,24). The number of benzene rings is 1. The highest BCUT2D eigenvalue weighted by Crippen LogP contribution is 2.08. The molecule has 0 spiro atoms. The smallest absolute Gasteiger partial charge is 0.239 e. The summed E-state index contributed by atoms with van der Waals surface area (Å²) in [5.41, 5.74) is 6.21. The van der Waals surface area contributed by atoms with Gasteiger partial charge in [0.2, 0.25) is 11.8 Å². The molecule has 0 atom stereocenters. The van der Waals surface area contributed by atoms with Crippen LogP contribution in [0.4, 0.5) is 4.39 Å². The molecule has 0 bridgehead atoms. The highest BCUT2D eigenvalue weighted by Gasteiger charge is 2.16. The summed E-state index contributed by atoms with van der Waals surface area (Å²) in [7, 11) is 0. The van der Waals surface area contributed by atoms with Crippen LogP contribution in [0.3, 0.4) is 0 Å². The van der Waals surface area contributed by atoms with Crippen molar-refractivity contribution in [2.45, 2.75) is 25.3 Å². The highest BCUT2D eigenvalue weighted by atomic mass is 19.1. The molecule has 1 aliphatic heterocycles. The first-order chi connectivity index (χ1) is 11.5. The van der Waals surface area contributed by atoms with Gasteiger partial charge in [-0.2, -0.15) is 0 Å². The molecule has 1 aliphatic rings. The zero-order chi connectivity index (χ0) is 17.4. The van der Waals surface area contributed by atoms with Gasteiger partial charge < -0.3 is 10.6 Å². The minimum atomic E-state index is -0.395. The summed E-state index contributed by atoms with van der Waals surface area (Å²) in [6.45, 7) is 1.21. The average Bonchev–Trinajstić information content (AvgIpc) is 3.06. The molecule has 7 nitrogen and oxygen atoms in total. The number of hydrazine groups is 1. The Morgan fingerprint density at radius 2 is 1.71 bits per heavy atom. The van der Waals surface area contributed by atoms with Crippen molar-refractivity contribution in [3.63, 3.8) is 0 Å².